The Kier molecular flexibility index (Phi) is 6.82. The van der Waals surface area contributed by atoms with Crippen molar-refractivity contribution in [1.82, 2.24) is 5.32 Å². The maximum atomic E-state index is 11.8. The number of nitrogens with one attached hydrogen (secondary N) is 1. The first-order chi connectivity index (χ1) is 8.87. The molecule has 0 amide bonds. The van der Waals surface area contributed by atoms with Gasteiger partial charge in [-0.2, -0.15) is 13.2 Å². The van der Waals surface area contributed by atoms with Crippen molar-refractivity contribution in [2.75, 3.05) is 19.8 Å². The van der Waals surface area contributed by atoms with Crippen molar-refractivity contribution < 1.29 is 17.9 Å². The van der Waals surface area contributed by atoms with Crippen molar-refractivity contribution in [1.29, 1.82) is 0 Å². The molecule has 0 bridgehead atoms. The van der Waals surface area contributed by atoms with Crippen LogP contribution in [0.4, 0.5) is 13.2 Å². The van der Waals surface area contributed by atoms with E-state index >= 15 is 0 Å². The minimum Gasteiger partial charge on any atom is -0.371 e. The number of hydrogen-bond acceptors (Lipinski definition) is 2. The molecule has 0 saturated heterocycles. The molecule has 0 aromatic heterocycles. The third kappa shape index (κ3) is 8.23. The fourth-order valence-corrected chi connectivity index (χ4v) is 1.88. The summed E-state index contributed by atoms with van der Waals surface area (Å²) in [6.07, 6.45) is -3.42. The van der Waals surface area contributed by atoms with E-state index in [1.54, 1.807) is 0 Å². The summed E-state index contributed by atoms with van der Waals surface area (Å²) < 4.78 is 41.0. The van der Waals surface area contributed by atoms with E-state index in [2.05, 4.69) is 26.0 Å². The first-order valence-corrected chi connectivity index (χ1v) is 6.78. The molecule has 0 aliphatic heterocycles. The van der Waals surface area contributed by atoms with E-state index in [1.165, 1.54) is 5.56 Å². The fourth-order valence-electron chi connectivity index (χ4n) is 1.61. The zero-order valence-corrected chi connectivity index (χ0v) is 12.2. The Morgan fingerprint density at radius 3 is 2.47 bits per heavy atom. The number of ether oxygens (including phenoxy) is 1. The third-order valence-corrected chi connectivity index (χ3v) is 2.99. The highest BCUT2D eigenvalue weighted by atomic mass is 79.9. The molecular formula is C13H17BrF3NO. The van der Waals surface area contributed by atoms with Gasteiger partial charge < -0.3 is 10.1 Å². The summed E-state index contributed by atoms with van der Waals surface area (Å²) >= 11 is 3.36. The monoisotopic (exact) mass is 339 g/mol. The smallest absolute Gasteiger partial charge is 0.371 e. The third-order valence-electron chi connectivity index (χ3n) is 2.46. The second-order valence-electron chi connectivity index (χ2n) is 4.35. The van der Waals surface area contributed by atoms with Crippen LogP contribution in [0.5, 0.6) is 0 Å². The molecule has 6 heteroatoms. The van der Waals surface area contributed by atoms with Gasteiger partial charge in [0.25, 0.3) is 0 Å². The van der Waals surface area contributed by atoms with Gasteiger partial charge in [0.05, 0.1) is 6.61 Å². The van der Waals surface area contributed by atoms with E-state index in [-0.39, 0.29) is 12.6 Å². The van der Waals surface area contributed by atoms with Crippen LogP contribution in [0, 0.1) is 0 Å². The summed E-state index contributed by atoms with van der Waals surface area (Å²) in [4.78, 5) is 0. The Bertz CT molecular complexity index is 367. The summed E-state index contributed by atoms with van der Waals surface area (Å²) in [5.74, 6) is 0. The van der Waals surface area contributed by atoms with Gasteiger partial charge in [-0.05, 0) is 31.0 Å². The lowest BCUT2D eigenvalue weighted by atomic mass is 10.1. The van der Waals surface area contributed by atoms with Gasteiger partial charge in [0.2, 0.25) is 0 Å². The van der Waals surface area contributed by atoms with Crippen molar-refractivity contribution in [3.05, 3.63) is 34.3 Å². The van der Waals surface area contributed by atoms with Gasteiger partial charge in [0, 0.05) is 17.1 Å². The molecule has 1 atom stereocenters. The highest BCUT2D eigenvalue weighted by molar-refractivity contribution is 9.10. The predicted molar refractivity (Wildman–Crippen MR) is 72.2 cm³/mol. The van der Waals surface area contributed by atoms with Gasteiger partial charge in [-0.15, -0.1) is 0 Å². The maximum absolute atomic E-state index is 11.8. The molecule has 0 saturated carbocycles. The lowest BCUT2D eigenvalue weighted by Crippen LogP contribution is -2.32. The Morgan fingerprint density at radius 2 is 1.89 bits per heavy atom. The van der Waals surface area contributed by atoms with Gasteiger partial charge in [0.1, 0.15) is 6.61 Å². The van der Waals surface area contributed by atoms with Crippen LogP contribution < -0.4 is 5.32 Å². The quantitative estimate of drug-likeness (QED) is 0.767. The molecule has 1 unspecified atom stereocenters. The van der Waals surface area contributed by atoms with Crippen LogP contribution >= 0.6 is 15.9 Å². The van der Waals surface area contributed by atoms with Gasteiger partial charge in [-0.1, -0.05) is 28.1 Å². The highest BCUT2D eigenvalue weighted by Gasteiger charge is 2.27. The van der Waals surface area contributed by atoms with Crippen LogP contribution in [-0.4, -0.2) is 32.0 Å². The van der Waals surface area contributed by atoms with Gasteiger partial charge in [-0.25, -0.2) is 0 Å². The minimum absolute atomic E-state index is 0.0597. The number of hydrogen-bond donors (Lipinski definition) is 1. The average molecular weight is 340 g/mol. The van der Waals surface area contributed by atoms with E-state index in [0.29, 0.717) is 6.54 Å². The Balaban J connectivity index is 2.14. The van der Waals surface area contributed by atoms with Crippen LogP contribution in [-0.2, 0) is 11.2 Å². The van der Waals surface area contributed by atoms with Crippen LogP contribution in [0.25, 0.3) is 0 Å². The normalized spacial score (nSPS) is 13.5. The summed E-state index contributed by atoms with van der Waals surface area (Å²) in [7, 11) is 0. The second-order valence-corrected chi connectivity index (χ2v) is 5.27. The average Bonchev–Trinajstić information content (AvgIpc) is 2.30. The van der Waals surface area contributed by atoms with Crippen LogP contribution in [0.3, 0.4) is 0 Å². The lowest BCUT2D eigenvalue weighted by Gasteiger charge is -2.14. The van der Waals surface area contributed by atoms with Crippen molar-refractivity contribution in [2.24, 2.45) is 0 Å². The summed E-state index contributed by atoms with van der Waals surface area (Å²) in [6, 6.07) is 8.16. The summed E-state index contributed by atoms with van der Waals surface area (Å²) in [5, 5.41) is 3.13. The minimum atomic E-state index is -4.25. The Labute approximate surface area is 119 Å². The number of benzene rings is 1. The molecule has 1 rings (SSSR count). The zero-order valence-electron chi connectivity index (χ0n) is 10.6. The Hall–Kier alpha value is -0.590. The zero-order chi connectivity index (χ0) is 14.3. The molecule has 0 aliphatic carbocycles. The standard InChI is InChI=1S/C13H17BrF3NO/c1-10(8-11-2-4-12(14)5-3-11)18-6-7-19-9-13(15,16)17/h2-5,10,18H,6-9H2,1H3. The lowest BCUT2D eigenvalue weighted by molar-refractivity contribution is -0.173. The number of halogens is 4. The molecule has 0 spiro atoms. The van der Waals surface area contributed by atoms with Gasteiger partial charge in [-0.3, -0.25) is 0 Å². The largest absolute Gasteiger partial charge is 0.411 e. The van der Waals surface area contributed by atoms with Gasteiger partial charge >= 0.3 is 6.18 Å². The van der Waals surface area contributed by atoms with Crippen LogP contribution in [0.1, 0.15) is 12.5 Å². The van der Waals surface area contributed by atoms with Crippen LogP contribution in [0.15, 0.2) is 28.7 Å². The molecule has 1 aromatic rings. The van der Waals surface area contributed by atoms with E-state index in [0.717, 1.165) is 10.9 Å². The number of rotatable bonds is 7. The van der Waals surface area contributed by atoms with Gasteiger partial charge in [0.15, 0.2) is 0 Å². The molecule has 1 aromatic carbocycles. The SMILES string of the molecule is CC(Cc1ccc(Br)cc1)NCCOCC(F)(F)F. The second kappa shape index (κ2) is 7.87. The molecule has 2 nitrogen and oxygen atoms in total. The first-order valence-electron chi connectivity index (χ1n) is 5.99. The van der Waals surface area contributed by atoms with E-state index in [1.807, 2.05) is 31.2 Å². The first kappa shape index (κ1) is 16.5. The predicted octanol–water partition coefficient (Wildman–Crippen LogP) is 3.55. The molecule has 1 N–H and O–H groups in total. The molecule has 0 aliphatic rings. The fraction of sp³-hybridized carbons (Fsp3) is 0.538. The molecule has 0 radical (unpaired) electrons. The van der Waals surface area contributed by atoms with Crippen LogP contribution in [0.2, 0.25) is 0 Å². The Morgan fingerprint density at radius 1 is 1.26 bits per heavy atom. The molecule has 0 heterocycles. The van der Waals surface area contributed by atoms with Crippen molar-refractivity contribution in [2.45, 2.75) is 25.6 Å². The van der Waals surface area contributed by atoms with Crippen molar-refractivity contribution in [3.8, 4) is 0 Å². The summed E-state index contributed by atoms with van der Waals surface area (Å²) in [5.41, 5.74) is 1.18. The van der Waals surface area contributed by atoms with E-state index in [9.17, 15) is 13.2 Å². The molecule has 19 heavy (non-hydrogen) atoms. The topological polar surface area (TPSA) is 21.3 Å². The molecule has 0 fully saturated rings. The van der Waals surface area contributed by atoms with E-state index in [4.69, 9.17) is 0 Å². The van der Waals surface area contributed by atoms with Crippen molar-refractivity contribution >= 4 is 15.9 Å². The highest BCUT2D eigenvalue weighted by Crippen LogP contribution is 2.14. The molecule has 108 valence electrons. The van der Waals surface area contributed by atoms with E-state index < -0.39 is 12.8 Å². The maximum Gasteiger partial charge on any atom is 0.411 e. The van der Waals surface area contributed by atoms with Crippen molar-refractivity contribution in [3.63, 3.8) is 0 Å². The summed E-state index contributed by atoms with van der Waals surface area (Å²) in [6.45, 7) is 1.28. The number of alkyl halides is 3. The molecular weight excluding hydrogens is 323 g/mol.